The lowest BCUT2D eigenvalue weighted by Crippen LogP contribution is -2.26. The summed E-state index contributed by atoms with van der Waals surface area (Å²) in [4.78, 5) is 4.39. The van der Waals surface area contributed by atoms with E-state index in [9.17, 15) is 8.42 Å². The normalized spacial score (nSPS) is 15.3. The molecule has 156 valence electrons. The molecule has 3 aromatic heterocycles. The van der Waals surface area contributed by atoms with Crippen LogP contribution in [0.3, 0.4) is 0 Å². The summed E-state index contributed by atoms with van der Waals surface area (Å²) < 4.78 is 31.1. The minimum atomic E-state index is -3.67. The maximum atomic E-state index is 13.2. The number of hydrogen-bond donors (Lipinski definition) is 2. The highest BCUT2D eigenvalue weighted by Gasteiger charge is 2.27. The van der Waals surface area contributed by atoms with Crippen molar-refractivity contribution in [3.63, 3.8) is 0 Å². The number of H-pyrrole nitrogens is 1. The zero-order valence-corrected chi connectivity index (χ0v) is 18.2. The molecule has 0 bridgehead atoms. The Morgan fingerprint density at radius 3 is 2.80 bits per heavy atom. The molecular formula is C22H24N4O2S2. The van der Waals surface area contributed by atoms with Crippen molar-refractivity contribution in [3.05, 3.63) is 59.7 Å². The van der Waals surface area contributed by atoms with Gasteiger partial charge in [0, 0.05) is 29.8 Å². The second kappa shape index (κ2) is 8.02. The Hall–Kier alpha value is -2.42. The maximum absolute atomic E-state index is 13.2. The van der Waals surface area contributed by atoms with Gasteiger partial charge in [0.1, 0.15) is 10.6 Å². The highest BCUT2D eigenvalue weighted by atomic mass is 32.2. The number of nitrogens with zero attached hydrogens (tertiary/aromatic N) is 2. The molecule has 8 heteroatoms. The minimum Gasteiger partial charge on any atom is -0.361 e. The molecule has 6 nitrogen and oxygen atoms in total. The zero-order valence-electron chi connectivity index (χ0n) is 16.5. The summed E-state index contributed by atoms with van der Waals surface area (Å²) in [5.41, 5.74) is 2.72. The monoisotopic (exact) mass is 440 g/mol. The van der Waals surface area contributed by atoms with Gasteiger partial charge in [-0.05, 0) is 42.3 Å². The number of fused-ring (bicyclic) bond motifs is 1. The summed E-state index contributed by atoms with van der Waals surface area (Å²) in [7, 11) is -3.67. The van der Waals surface area contributed by atoms with Crippen LogP contribution in [0.1, 0.15) is 37.3 Å². The number of sulfonamides is 1. The molecule has 0 amide bonds. The molecule has 5 rings (SSSR count). The first-order chi connectivity index (χ1) is 14.6. The SMILES string of the molecule is O=S(=O)(NCCc1c[nH]c2ccccc12)c1cn(C2CCCC2)nc1-c1cccs1. The van der Waals surface area contributed by atoms with E-state index in [2.05, 4.69) is 15.8 Å². The Morgan fingerprint density at radius 1 is 1.17 bits per heavy atom. The van der Waals surface area contributed by atoms with E-state index in [1.54, 1.807) is 6.20 Å². The highest BCUT2D eigenvalue weighted by Crippen LogP contribution is 2.34. The molecule has 3 heterocycles. The van der Waals surface area contributed by atoms with Crippen molar-refractivity contribution in [3.8, 4) is 10.6 Å². The lowest BCUT2D eigenvalue weighted by Gasteiger charge is -2.08. The van der Waals surface area contributed by atoms with Crippen LogP contribution in [0.5, 0.6) is 0 Å². The number of para-hydroxylation sites is 1. The molecular weight excluding hydrogens is 416 g/mol. The predicted molar refractivity (Wildman–Crippen MR) is 120 cm³/mol. The molecule has 0 aliphatic heterocycles. The van der Waals surface area contributed by atoms with E-state index in [1.165, 1.54) is 24.2 Å². The van der Waals surface area contributed by atoms with Crippen molar-refractivity contribution in [2.45, 2.75) is 43.0 Å². The molecule has 1 aliphatic carbocycles. The average molecular weight is 441 g/mol. The van der Waals surface area contributed by atoms with Crippen LogP contribution in [0.4, 0.5) is 0 Å². The predicted octanol–water partition coefficient (Wildman–Crippen LogP) is 4.73. The molecule has 1 aromatic carbocycles. The maximum Gasteiger partial charge on any atom is 0.244 e. The summed E-state index contributed by atoms with van der Waals surface area (Å²) in [5, 5.41) is 7.78. The molecule has 2 N–H and O–H groups in total. The van der Waals surface area contributed by atoms with Crippen molar-refractivity contribution in [1.82, 2.24) is 19.5 Å². The van der Waals surface area contributed by atoms with Crippen LogP contribution in [-0.2, 0) is 16.4 Å². The molecule has 4 aromatic rings. The Balaban J connectivity index is 1.39. The van der Waals surface area contributed by atoms with Gasteiger partial charge in [-0.3, -0.25) is 4.68 Å². The number of aromatic amines is 1. The van der Waals surface area contributed by atoms with Gasteiger partial charge in [0.05, 0.1) is 10.9 Å². The van der Waals surface area contributed by atoms with Gasteiger partial charge in [-0.1, -0.05) is 37.1 Å². The fraction of sp³-hybridized carbons (Fsp3) is 0.318. The second-order valence-corrected chi connectivity index (χ2v) is 10.4. The Labute approximate surface area is 180 Å². The van der Waals surface area contributed by atoms with Gasteiger partial charge in [-0.15, -0.1) is 11.3 Å². The molecule has 0 saturated heterocycles. The van der Waals surface area contributed by atoms with E-state index in [0.717, 1.165) is 34.2 Å². The molecule has 0 atom stereocenters. The largest absolute Gasteiger partial charge is 0.361 e. The lowest BCUT2D eigenvalue weighted by molar-refractivity contribution is 0.467. The van der Waals surface area contributed by atoms with Crippen molar-refractivity contribution >= 4 is 32.3 Å². The minimum absolute atomic E-state index is 0.274. The van der Waals surface area contributed by atoms with E-state index in [1.807, 2.05) is 46.6 Å². The summed E-state index contributed by atoms with van der Waals surface area (Å²) in [6.07, 6.45) is 8.74. The van der Waals surface area contributed by atoms with Gasteiger partial charge in [-0.2, -0.15) is 5.10 Å². The zero-order chi connectivity index (χ0) is 20.6. The summed E-state index contributed by atoms with van der Waals surface area (Å²) >= 11 is 1.51. The van der Waals surface area contributed by atoms with Crippen LogP contribution in [0.15, 0.2) is 59.1 Å². The number of thiophene rings is 1. The third-order valence-electron chi connectivity index (χ3n) is 5.80. The molecule has 0 spiro atoms. The highest BCUT2D eigenvalue weighted by molar-refractivity contribution is 7.89. The second-order valence-electron chi connectivity index (χ2n) is 7.74. The van der Waals surface area contributed by atoms with Gasteiger partial charge in [0.25, 0.3) is 0 Å². The number of aromatic nitrogens is 3. The van der Waals surface area contributed by atoms with E-state index in [-0.39, 0.29) is 4.90 Å². The van der Waals surface area contributed by atoms with Crippen molar-refractivity contribution in [2.24, 2.45) is 0 Å². The van der Waals surface area contributed by atoms with Gasteiger partial charge in [0.2, 0.25) is 10.0 Å². The third-order valence-corrected chi connectivity index (χ3v) is 8.14. The lowest BCUT2D eigenvalue weighted by atomic mass is 10.1. The molecule has 0 unspecified atom stereocenters. The van der Waals surface area contributed by atoms with Gasteiger partial charge in [0.15, 0.2) is 0 Å². The first-order valence-electron chi connectivity index (χ1n) is 10.3. The van der Waals surface area contributed by atoms with Gasteiger partial charge < -0.3 is 4.98 Å². The number of benzene rings is 1. The van der Waals surface area contributed by atoms with Crippen LogP contribution in [-0.4, -0.2) is 29.7 Å². The third kappa shape index (κ3) is 3.71. The molecule has 1 aliphatic rings. The van der Waals surface area contributed by atoms with Crippen LogP contribution >= 0.6 is 11.3 Å². The topological polar surface area (TPSA) is 79.8 Å². The number of rotatable bonds is 7. The van der Waals surface area contributed by atoms with E-state index in [4.69, 9.17) is 5.10 Å². The van der Waals surface area contributed by atoms with Crippen molar-refractivity contribution in [2.75, 3.05) is 6.54 Å². The first-order valence-corrected chi connectivity index (χ1v) is 12.7. The van der Waals surface area contributed by atoms with Gasteiger partial charge in [-0.25, -0.2) is 13.1 Å². The standard InChI is InChI=1S/C22H24N4O2S2/c27-30(28,24-12-11-16-14-23-19-9-4-3-8-18(16)19)21-15-26(17-6-1-2-7-17)25-22(21)20-10-5-13-29-20/h3-5,8-10,13-15,17,23-24H,1-2,6-7,11-12H2. The molecule has 30 heavy (non-hydrogen) atoms. The number of hydrogen-bond acceptors (Lipinski definition) is 4. The first kappa shape index (κ1) is 19.5. The summed E-state index contributed by atoms with van der Waals surface area (Å²) in [6, 6.07) is 12.2. The van der Waals surface area contributed by atoms with E-state index < -0.39 is 10.0 Å². The quantitative estimate of drug-likeness (QED) is 0.436. The van der Waals surface area contributed by atoms with Crippen molar-refractivity contribution in [1.29, 1.82) is 0 Å². The Morgan fingerprint density at radius 2 is 2.00 bits per heavy atom. The summed E-state index contributed by atoms with van der Waals surface area (Å²) in [6.45, 7) is 0.336. The van der Waals surface area contributed by atoms with Gasteiger partial charge >= 0.3 is 0 Å². The Bertz CT molecular complexity index is 1250. The fourth-order valence-electron chi connectivity index (χ4n) is 4.25. The fourth-order valence-corrected chi connectivity index (χ4v) is 6.21. The van der Waals surface area contributed by atoms with E-state index in [0.29, 0.717) is 24.7 Å². The Kier molecular flexibility index (Phi) is 5.22. The van der Waals surface area contributed by atoms with Crippen molar-refractivity contribution < 1.29 is 8.42 Å². The number of nitrogens with one attached hydrogen (secondary N) is 2. The average Bonchev–Trinajstić information content (AvgIpc) is 3.54. The van der Waals surface area contributed by atoms with Crippen LogP contribution < -0.4 is 4.72 Å². The van der Waals surface area contributed by atoms with Crippen LogP contribution in [0, 0.1) is 0 Å². The smallest absolute Gasteiger partial charge is 0.244 e. The molecule has 1 saturated carbocycles. The van der Waals surface area contributed by atoms with E-state index >= 15 is 0 Å². The van der Waals surface area contributed by atoms with Crippen LogP contribution in [0.25, 0.3) is 21.5 Å². The van der Waals surface area contributed by atoms with Crippen LogP contribution in [0.2, 0.25) is 0 Å². The summed E-state index contributed by atoms with van der Waals surface area (Å²) in [5.74, 6) is 0. The molecule has 1 fully saturated rings. The molecule has 0 radical (unpaired) electrons.